The van der Waals surface area contributed by atoms with Crippen LogP contribution in [0.2, 0.25) is 0 Å². The molecule has 0 aliphatic heterocycles. The number of fused-ring (bicyclic) bond motifs is 1. The molecular weight excluding hydrogens is 420 g/mol. The van der Waals surface area contributed by atoms with Gasteiger partial charge < -0.3 is 10.1 Å². The summed E-state index contributed by atoms with van der Waals surface area (Å²) >= 11 is 6.49. The Hall–Kier alpha value is -2.05. The zero-order valence-electron chi connectivity index (χ0n) is 17.4. The Labute approximate surface area is 183 Å². The number of ether oxygens (including phenoxy) is 1. The second kappa shape index (κ2) is 8.60. The zero-order chi connectivity index (χ0) is 21.3. The number of rotatable bonds is 6. The number of hydrogen-bond donors (Lipinski definition) is 1. The van der Waals surface area contributed by atoms with Gasteiger partial charge in [0.1, 0.15) is 5.75 Å². The van der Waals surface area contributed by atoms with Crippen LogP contribution in [0.25, 0.3) is 5.03 Å². The second-order valence-corrected chi connectivity index (χ2v) is 10.6. The first kappa shape index (κ1) is 21.2. The van der Waals surface area contributed by atoms with E-state index in [1.54, 1.807) is 19.2 Å². The molecule has 0 saturated heterocycles. The molecule has 1 heterocycles. The number of benzene rings is 1. The summed E-state index contributed by atoms with van der Waals surface area (Å²) in [5.74, 6) is 0.554. The molecule has 1 N–H and O–H groups in total. The van der Waals surface area contributed by atoms with E-state index in [9.17, 15) is 8.42 Å². The van der Waals surface area contributed by atoms with Crippen LogP contribution in [0.5, 0.6) is 5.75 Å². The number of hydrogen-bond acceptors (Lipinski definition) is 5. The highest BCUT2D eigenvalue weighted by Gasteiger charge is 2.23. The standard InChI is InChI=1S/C23H27ClN2O3S/c1-29-22-14-18(30(2,27)28)9-8-15(22)12-17-13-21(25-16-6-4-3-5-7-16)23-19(24)10-11-20(23)26-17/h8-10,13-14,16H,3-7,11-12H2,1-2H3,(H,25,26). The van der Waals surface area contributed by atoms with Crippen LogP contribution in [-0.4, -0.2) is 32.8 Å². The van der Waals surface area contributed by atoms with Crippen molar-refractivity contribution in [1.82, 2.24) is 4.98 Å². The molecule has 2 aliphatic carbocycles. The zero-order valence-corrected chi connectivity index (χ0v) is 18.9. The Morgan fingerprint density at radius 1 is 1.20 bits per heavy atom. The number of pyridine rings is 1. The number of methoxy groups -OCH3 is 1. The minimum Gasteiger partial charge on any atom is -0.496 e. The molecule has 0 amide bonds. The van der Waals surface area contributed by atoms with Crippen molar-refractivity contribution in [2.75, 3.05) is 18.7 Å². The molecule has 1 saturated carbocycles. The summed E-state index contributed by atoms with van der Waals surface area (Å²) in [5, 5.41) is 4.48. The van der Waals surface area contributed by atoms with Gasteiger partial charge >= 0.3 is 0 Å². The van der Waals surface area contributed by atoms with Crippen LogP contribution in [0, 0.1) is 0 Å². The Balaban J connectivity index is 1.66. The van der Waals surface area contributed by atoms with Crippen molar-refractivity contribution < 1.29 is 13.2 Å². The second-order valence-electron chi connectivity index (χ2n) is 8.14. The molecule has 5 nitrogen and oxygen atoms in total. The van der Waals surface area contributed by atoms with E-state index in [2.05, 4.69) is 11.4 Å². The minimum atomic E-state index is -3.29. The number of sulfone groups is 1. The van der Waals surface area contributed by atoms with E-state index in [4.69, 9.17) is 21.3 Å². The van der Waals surface area contributed by atoms with Crippen LogP contribution in [0.1, 0.15) is 54.6 Å². The first-order valence-corrected chi connectivity index (χ1v) is 12.6. The molecule has 160 valence electrons. The van der Waals surface area contributed by atoms with Gasteiger partial charge in [-0.15, -0.1) is 0 Å². The highest BCUT2D eigenvalue weighted by molar-refractivity contribution is 7.90. The predicted octanol–water partition coefficient (Wildman–Crippen LogP) is 4.96. The smallest absolute Gasteiger partial charge is 0.175 e. The van der Waals surface area contributed by atoms with Gasteiger partial charge in [0.2, 0.25) is 0 Å². The van der Waals surface area contributed by atoms with Gasteiger partial charge in [0.15, 0.2) is 9.84 Å². The monoisotopic (exact) mass is 446 g/mol. The van der Waals surface area contributed by atoms with Gasteiger partial charge in [-0.3, -0.25) is 4.98 Å². The van der Waals surface area contributed by atoms with Gasteiger partial charge in [0.05, 0.1) is 17.7 Å². The number of allylic oxidation sites excluding steroid dienone is 1. The third kappa shape index (κ3) is 4.49. The third-order valence-corrected chi connectivity index (χ3v) is 7.34. The summed E-state index contributed by atoms with van der Waals surface area (Å²) in [6, 6.07) is 7.56. The lowest BCUT2D eigenvalue weighted by Gasteiger charge is -2.25. The number of nitrogens with one attached hydrogen (secondary N) is 1. The SMILES string of the molecule is COc1cc(S(C)(=O)=O)ccc1Cc1cc(NC2CCCCC2)c2c(n1)CC=C2Cl. The average Bonchev–Trinajstić information content (AvgIpc) is 3.09. The Morgan fingerprint density at radius 3 is 2.67 bits per heavy atom. The normalized spacial score (nSPS) is 16.8. The molecule has 1 fully saturated rings. The molecule has 0 bridgehead atoms. The molecule has 1 aromatic heterocycles. The molecule has 0 radical (unpaired) electrons. The van der Waals surface area contributed by atoms with Crippen molar-refractivity contribution in [3.63, 3.8) is 0 Å². The van der Waals surface area contributed by atoms with Crippen molar-refractivity contribution in [2.24, 2.45) is 0 Å². The van der Waals surface area contributed by atoms with Crippen LogP contribution in [0.15, 0.2) is 35.2 Å². The Kier molecular flexibility index (Phi) is 6.07. The minimum absolute atomic E-state index is 0.251. The molecule has 0 spiro atoms. The largest absolute Gasteiger partial charge is 0.496 e. The highest BCUT2D eigenvalue weighted by Crippen LogP contribution is 2.37. The Morgan fingerprint density at radius 2 is 1.97 bits per heavy atom. The fourth-order valence-electron chi connectivity index (χ4n) is 4.33. The molecule has 4 rings (SSSR count). The Bertz CT molecular complexity index is 1090. The van der Waals surface area contributed by atoms with Crippen LogP contribution in [0.4, 0.5) is 5.69 Å². The molecule has 0 atom stereocenters. The van der Waals surface area contributed by atoms with E-state index >= 15 is 0 Å². The third-order valence-electron chi connectivity index (χ3n) is 5.88. The molecular formula is C23H27ClN2O3S. The first-order valence-electron chi connectivity index (χ1n) is 10.4. The summed E-state index contributed by atoms with van der Waals surface area (Å²) in [6.07, 6.45) is 10.7. The lowest BCUT2D eigenvalue weighted by atomic mass is 9.95. The van der Waals surface area contributed by atoms with Crippen molar-refractivity contribution in [2.45, 2.75) is 55.9 Å². The van der Waals surface area contributed by atoms with Crippen molar-refractivity contribution in [1.29, 1.82) is 0 Å². The first-order chi connectivity index (χ1) is 14.3. The fraction of sp³-hybridized carbons (Fsp3) is 0.435. The fourth-order valence-corrected chi connectivity index (χ4v) is 5.25. The summed E-state index contributed by atoms with van der Waals surface area (Å²) in [5.41, 5.74) is 4.87. The summed E-state index contributed by atoms with van der Waals surface area (Å²) in [4.78, 5) is 5.10. The number of aromatic nitrogens is 1. The maximum absolute atomic E-state index is 11.9. The van der Waals surface area contributed by atoms with E-state index in [1.165, 1.54) is 38.4 Å². The van der Waals surface area contributed by atoms with Crippen molar-refractivity contribution >= 4 is 32.2 Å². The van der Waals surface area contributed by atoms with Gasteiger partial charge in [-0.1, -0.05) is 43.0 Å². The van der Waals surface area contributed by atoms with E-state index in [1.807, 2.05) is 12.1 Å². The van der Waals surface area contributed by atoms with Crippen LogP contribution < -0.4 is 10.1 Å². The van der Waals surface area contributed by atoms with E-state index in [-0.39, 0.29) is 4.90 Å². The van der Waals surface area contributed by atoms with E-state index < -0.39 is 9.84 Å². The molecule has 30 heavy (non-hydrogen) atoms. The topological polar surface area (TPSA) is 68.3 Å². The van der Waals surface area contributed by atoms with Gasteiger partial charge in [-0.2, -0.15) is 0 Å². The van der Waals surface area contributed by atoms with E-state index in [0.29, 0.717) is 18.2 Å². The van der Waals surface area contributed by atoms with Gasteiger partial charge in [-0.05, 0) is 31.0 Å². The highest BCUT2D eigenvalue weighted by atomic mass is 35.5. The lowest BCUT2D eigenvalue weighted by molar-refractivity contribution is 0.409. The molecule has 1 aromatic carbocycles. The summed E-state index contributed by atoms with van der Waals surface area (Å²) in [7, 11) is -1.73. The van der Waals surface area contributed by atoms with Crippen LogP contribution >= 0.6 is 11.6 Å². The quantitative estimate of drug-likeness (QED) is 0.678. The molecule has 2 aromatic rings. The van der Waals surface area contributed by atoms with Crippen LogP contribution in [-0.2, 0) is 22.7 Å². The van der Waals surface area contributed by atoms with Gasteiger partial charge in [0.25, 0.3) is 0 Å². The lowest BCUT2D eigenvalue weighted by Crippen LogP contribution is -2.23. The molecule has 2 aliphatic rings. The molecule has 7 heteroatoms. The van der Waals surface area contributed by atoms with Gasteiger partial charge in [-0.25, -0.2) is 8.42 Å². The van der Waals surface area contributed by atoms with Crippen molar-refractivity contribution in [3.05, 3.63) is 52.9 Å². The summed E-state index contributed by atoms with van der Waals surface area (Å²) < 4.78 is 29.2. The van der Waals surface area contributed by atoms with Crippen LogP contribution in [0.3, 0.4) is 0 Å². The number of halogens is 1. The number of anilines is 1. The number of nitrogens with zero attached hydrogens (tertiary/aromatic N) is 1. The maximum atomic E-state index is 11.9. The van der Waals surface area contributed by atoms with E-state index in [0.717, 1.165) is 39.7 Å². The maximum Gasteiger partial charge on any atom is 0.175 e. The summed E-state index contributed by atoms with van der Waals surface area (Å²) in [6.45, 7) is 0. The van der Waals surface area contributed by atoms with Crippen molar-refractivity contribution in [3.8, 4) is 5.75 Å². The van der Waals surface area contributed by atoms with Gasteiger partial charge in [0, 0.05) is 52.7 Å². The average molecular weight is 447 g/mol. The molecule has 0 unspecified atom stereocenters. The predicted molar refractivity (Wildman–Crippen MR) is 121 cm³/mol.